The van der Waals surface area contributed by atoms with Crippen LogP contribution in [-0.2, 0) is 0 Å². The quantitative estimate of drug-likeness (QED) is 0.854. The van der Waals surface area contributed by atoms with Crippen LogP contribution in [0.2, 0.25) is 0 Å². The third-order valence-corrected chi connectivity index (χ3v) is 4.24. The van der Waals surface area contributed by atoms with E-state index < -0.39 is 5.91 Å². The Morgan fingerprint density at radius 2 is 2.21 bits per heavy atom. The number of pyridine rings is 1. The third-order valence-electron chi connectivity index (χ3n) is 4.24. The molecule has 2 aromatic rings. The van der Waals surface area contributed by atoms with Crippen LogP contribution in [-0.4, -0.2) is 46.7 Å². The van der Waals surface area contributed by atoms with Crippen LogP contribution in [0.4, 0.5) is 5.69 Å². The Labute approximate surface area is 139 Å². The summed E-state index contributed by atoms with van der Waals surface area (Å²) in [7, 11) is 1.58. The van der Waals surface area contributed by atoms with Gasteiger partial charge in [0, 0.05) is 38.7 Å². The molecule has 8 heteroatoms. The Morgan fingerprint density at radius 1 is 1.38 bits per heavy atom. The largest absolute Gasteiger partial charge is 0.369 e. The monoisotopic (exact) mass is 328 g/mol. The van der Waals surface area contributed by atoms with Gasteiger partial charge in [0.25, 0.3) is 11.8 Å². The summed E-state index contributed by atoms with van der Waals surface area (Å²) >= 11 is 0. The van der Waals surface area contributed by atoms with Crippen molar-refractivity contribution in [2.45, 2.75) is 18.9 Å². The van der Waals surface area contributed by atoms with E-state index in [-0.39, 0.29) is 11.9 Å². The smallest absolute Gasteiger partial charge is 0.271 e. The molecule has 8 nitrogen and oxygen atoms in total. The highest BCUT2D eigenvalue weighted by molar-refractivity contribution is 5.98. The molecule has 3 N–H and O–H groups in total. The minimum atomic E-state index is -0.485. The molecule has 24 heavy (non-hydrogen) atoms. The van der Waals surface area contributed by atoms with Crippen LogP contribution in [0.1, 0.15) is 39.7 Å². The maximum atomic E-state index is 11.7. The van der Waals surface area contributed by atoms with Crippen LogP contribution in [0.15, 0.2) is 30.7 Å². The first-order valence-corrected chi connectivity index (χ1v) is 7.86. The van der Waals surface area contributed by atoms with E-state index in [1.54, 1.807) is 19.3 Å². The van der Waals surface area contributed by atoms with Gasteiger partial charge in [0.15, 0.2) is 0 Å². The van der Waals surface area contributed by atoms with Gasteiger partial charge in [0.05, 0.1) is 17.3 Å². The number of aromatic nitrogens is 3. The van der Waals surface area contributed by atoms with E-state index in [2.05, 4.69) is 20.3 Å². The van der Waals surface area contributed by atoms with E-state index in [0.717, 1.165) is 25.1 Å². The lowest BCUT2D eigenvalue weighted by Crippen LogP contribution is -2.38. The van der Waals surface area contributed by atoms with Crippen LogP contribution in [0.5, 0.6) is 0 Å². The van der Waals surface area contributed by atoms with E-state index in [4.69, 9.17) is 5.73 Å². The van der Waals surface area contributed by atoms with E-state index in [9.17, 15) is 9.59 Å². The van der Waals surface area contributed by atoms with Crippen molar-refractivity contribution in [2.24, 2.45) is 5.73 Å². The van der Waals surface area contributed by atoms with Crippen LogP contribution < -0.4 is 16.0 Å². The summed E-state index contributed by atoms with van der Waals surface area (Å²) in [5.74, 6) is -0.687. The van der Waals surface area contributed by atoms with E-state index >= 15 is 0 Å². The normalized spacial score (nSPS) is 17.5. The summed E-state index contributed by atoms with van der Waals surface area (Å²) in [4.78, 5) is 29.4. The predicted molar refractivity (Wildman–Crippen MR) is 88.9 cm³/mol. The summed E-state index contributed by atoms with van der Waals surface area (Å²) in [5, 5.41) is 6.93. The molecule has 0 saturated carbocycles. The van der Waals surface area contributed by atoms with Crippen molar-refractivity contribution < 1.29 is 9.59 Å². The Bertz CT molecular complexity index is 757. The second kappa shape index (κ2) is 6.69. The zero-order valence-electron chi connectivity index (χ0n) is 13.5. The SMILES string of the molecule is CNC(=O)c1ccn(C2CCCN(c3ccncc3C(N)=O)C2)n1. The van der Waals surface area contributed by atoms with Crippen molar-refractivity contribution in [1.82, 2.24) is 20.1 Å². The molecule has 1 saturated heterocycles. The minimum Gasteiger partial charge on any atom is -0.369 e. The summed E-state index contributed by atoms with van der Waals surface area (Å²) in [6, 6.07) is 3.65. The number of rotatable bonds is 4. The van der Waals surface area contributed by atoms with Gasteiger partial charge >= 0.3 is 0 Å². The molecule has 0 aliphatic carbocycles. The fourth-order valence-electron chi connectivity index (χ4n) is 3.03. The second-order valence-electron chi connectivity index (χ2n) is 5.76. The van der Waals surface area contributed by atoms with Crippen LogP contribution in [0.3, 0.4) is 0 Å². The molecule has 2 amide bonds. The van der Waals surface area contributed by atoms with Gasteiger partial charge in [-0.05, 0) is 25.0 Å². The van der Waals surface area contributed by atoms with Gasteiger partial charge in [-0.2, -0.15) is 5.10 Å². The molecule has 0 spiro atoms. The molecule has 1 aliphatic rings. The Hall–Kier alpha value is -2.90. The molecule has 0 aromatic carbocycles. The molecule has 1 unspecified atom stereocenters. The highest BCUT2D eigenvalue weighted by atomic mass is 16.2. The van der Waals surface area contributed by atoms with Crippen LogP contribution in [0, 0.1) is 0 Å². The van der Waals surface area contributed by atoms with Gasteiger partial charge < -0.3 is 16.0 Å². The van der Waals surface area contributed by atoms with Gasteiger partial charge in [-0.15, -0.1) is 0 Å². The summed E-state index contributed by atoms with van der Waals surface area (Å²) in [6.45, 7) is 1.53. The van der Waals surface area contributed by atoms with Gasteiger partial charge in [0.2, 0.25) is 0 Å². The van der Waals surface area contributed by atoms with Gasteiger partial charge in [-0.3, -0.25) is 19.3 Å². The molecule has 2 aromatic heterocycles. The van der Waals surface area contributed by atoms with Gasteiger partial charge in [-0.25, -0.2) is 0 Å². The Morgan fingerprint density at radius 3 is 2.96 bits per heavy atom. The van der Waals surface area contributed by atoms with Crippen molar-refractivity contribution in [1.29, 1.82) is 0 Å². The van der Waals surface area contributed by atoms with E-state index in [1.807, 2.05) is 16.9 Å². The summed E-state index contributed by atoms with van der Waals surface area (Å²) in [5.41, 5.74) is 7.06. The predicted octanol–water partition coefficient (Wildman–Crippen LogP) is 0.578. The summed E-state index contributed by atoms with van der Waals surface area (Å²) < 4.78 is 1.82. The third kappa shape index (κ3) is 3.08. The number of carbonyl (C=O) groups is 2. The van der Waals surface area contributed by atoms with Crippen molar-refractivity contribution in [3.05, 3.63) is 42.0 Å². The molecule has 1 aliphatic heterocycles. The van der Waals surface area contributed by atoms with Crippen LogP contribution >= 0.6 is 0 Å². The number of hydrogen-bond donors (Lipinski definition) is 2. The number of nitrogens with two attached hydrogens (primary N) is 1. The number of carbonyl (C=O) groups excluding carboxylic acids is 2. The minimum absolute atomic E-state index is 0.131. The molecular weight excluding hydrogens is 308 g/mol. The maximum absolute atomic E-state index is 11.7. The zero-order valence-corrected chi connectivity index (χ0v) is 13.5. The van der Waals surface area contributed by atoms with Crippen molar-refractivity contribution in [3.8, 4) is 0 Å². The average Bonchev–Trinajstić information content (AvgIpc) is 3.11. The lowest BCUT2D eigenvalue weighted by Gasteiger charge is -2.35. The first-order valence-electron chi connectivity index (χ1n) is 7.86. The number of nitrogens with one attached hydrogen (secondary N) is 1. The molecular formula is C16H20N6O2. The van der Waals surface area contributed by atoms with E-state index in [0.29, 0.717) is 17.8 Å². The number of amides is 2. The lowest BCUT2D eigenvalue weighted by molar-refractivity contribution is 0.0955. The maximum Gasteiger partial charge on any atom is 0.271 e. The first kappa shape index (κ1) is 16.0. The molecule has 0 radical (unpaired) electrons. The zero-order chi connectivity index (χ0) is 17.1. The summed E-state index contributed by atoms with van der Waals surface area (Å²) in [6.07, 6.45) is 6.89. The van der Waals surface area contributed by atoms with Crippen molar-refractivity contribution in [2.75, 3.05) is 25.0 Å². The standard InChI is InChI=1S/C16H20N6O2/c1-18-16(24)13-5-8-22(20-13)11-3-2-7-21(10-11)14-4-6-19-9-12(14)15(17)23/h4-6,8-9,11H,2-3,7,10H2,1H3,(H2,17,23)(H,18,24). The number of primary amides is 1. The topological polar surface area (TPSA) is 106 Å². The lowest BCUT2D eigenvalue weighted by atomic mass is 10.0. The average molecular weight is 328 g/mol. The fraction of sp³-hybridized carbons (Fsp3) is 0.375. The number of nitrogens with zero attached hydrogens (tertiary/aromatic N) is 4. The highest BCUT2D eigenvalue weighted by Crippen LogP contribution is 2.27. The first-order chi connectivity index (χ1) is 11.6. The van der Waals surface area contributed by atoms with Crippen molar-refractivity contribution >= 4 is 17.5 Å². The van der Waals surface area contributed by atoms with E-state index in [1.165, 1.54) is 6.20 Å². The van der Waals surface area contributed by atoms with Gasteiger partial charge in [-0.1, -0.05) is 0 Å². The number of anilines is 1. The fourth-order valence-corrected chi connectivity index (χ4v) is 3.03. The molecule has 1 fully saturated rings. The molecule has 0 bridgehead atoms. The molecule has 126 valence electrons. The molecule has 3 heterocycles. The Balaban J connectivity index is 1.81. The molecule has 1 atom stereocenters. The molecule has 3 rings (SSSR count). The van der Waals surface area contributed by atoms with Crippen molar-refractivity contribution in [3.63, 3.8) is 0 Å². The Kier molecular flexibility index (Phi) is 4.45. The highest BCUT2D eigenvalue weighted by Gasteiger charge is 2.25. The number of hydrogen-bond acceptors (Lipinski definition) is 5. The van der Waals surface area contributed by atoms with Crippen LogP contribution in [0.25, 0.3) is 0 Å². The van der Waals surface area contributed by atoms with Gasteiger partial charge in [0.1, 0.15) is 5.69 Å². The second-order valence-corrected chi connectivity index (χ2v) is 5.76. The number of piperidine rings is 1.